The number of rotatable bonds is 2. The van der Waals surface area contributed by atoms with E-state index < -0.39 is 0 Å². The molecule has 18 heavy (non-hydrogen) atoms. The molecule has 0 N–H and O–H groups in total. The Morgan fingerprint density at radius 2 is 2.17 bits per heavy atom. The second-order valence-corrected chi connectivity index (χ2v) is 4.49. The number of hydrogen-bond donors (Lipinski definition) is 0. The van der Waals surface area contributed by atoms with Gasteiger partial charge in [-0.25, -0.2) is 0 Å². The molecule has 1 fully saturated rings. The van der Waals surface area contributed by atoms with Crippen LogP contribution in [0.5, 0.6) is 5.75 Å². The van der Waals surface area contributed by atoms with E-state index in [2.05, 4.69) is 4.98 Å². The van der Waals surface area contributed by atoms with E-state index in [-0.39, 0.29) is 12.0 Å². The lowest BCUT2D eigenvalue weighted by atomic mass is 10.2. The molecule has 0 spiro atoms. The van der Waals surface area contributed by atoms with Gasteiger partial charge in [0.2, 0.25) is 0 Å². The second-order valence-electron chi connectivity index (χ2n) is 4.49. The van der Waals surface area contributed by atoms with E-state index in [0.717, 1.165) is 23.9 Å². The van der Waals surface area contributed by atoms with Gasteiger partial charge in [0.05, 0.1) is 0 Å². The Hall–Kier alpha value is -2.10. The summed E-state index contributed by atoms with van der Waals surface area (Å²) in [6.07, 6.45) is 2.10. The van der Waals surface area contributed by atoms with Gasteiger partial charge in [-0.3, -0.25) is 9.78 Å². The van der Waals surface area contributed by atoms with Crippen molar-refractivity contribution in [3.63, 3.8) is 0 Å². The second kappa shape index (κ2) is 4.29. The molecule has 1 saturated heterocycles. The van der Waals surface area contributed by atoms with Crippen LogP contribution >= 0.6 is 0 Å². The normalized spacial score (nSPS) is 19.5. The molecular weight excluding hydrogens is 228 g/mol. The SMILES string of the molecule is CN1CCC(Oc2cccc3cccnc23)C1=O. The van der Waals surface area contributed by atoms with Gasteiger partial charge in [0.25, 0.3) is 5.91 Å². The van der Waals surface area contributed by atoms with Crippen LogP contribution in [0.15, 0.2) is 36.5 Å². The molecule has 1 aliphatic heterocycles. The molecule has 0 saturated carbocycles. The minimum atomic E-state index is -0.373. The van der Waals surface area contributed by atoms with Gasteiger partial charge in [-0.15, -0.1) is 0 Å². The molecule has 1 aliphatic rings. The van der Waals surface area contributed by atoms with E-state index in [1.165, 1.54) is 0 Å². The highest BCUT2D eigenvalue weighted by Gasteiger charge is 2.31. The first-order valence-electron chi connectivity index (χ1n) is 6.01. The maximum absolute atomic E-state index is 11.8. The number of carbonyl (C=O) groups excluding carboxylic acids is 1. The van der Waals surface area contributed by atoms with Crippen LogP contribution in [0.4, 0.5) is 0 Å². The van der Waals surface area contributed by atoms with E-state index in [4.69, 9.17) is 4.74 Å². The summed E-state index contributed by atoms with van der Waals surface area (Å²) in [5.41, 5.74) is 0.808. The molecule has 2 aromatic rings. The number of likely N-dealkylation sites (tertiary alicyclic amines) is 1. The highest BCUT2D eigenvalue weighted by atomic mass is 16.5. The highest BCUT2D eigenvalue weighted by Crippen LogP contribution is 2.26. The maximum atomic E-state index is 11.8. The zero-order chi connectivity index (χ0) is 12.5. The van der Waals surface area contributed by atoms with Crippen LogP contribution in [-0.4, -0.2) is 35.5 Å². The van der Waals surface area contributed by atoms with Crippen molar-refractivity contribution in [3.05, 3.63) is 36.5 Å². The molecule has 0 bridgehead atoms. The molecule has 4 heteroatoms. The van der Waals surface area contributed by atoms with Crippen molar-refractivity contribution >= 4 is 16.8 Å². The third-order valence-electron chi connectivity index (χ3n) is 3.24. The van der Waals surface area contributed by atoms with Crippen LogP contribution in [0, 0.1) is 0 Å². The summed E-state index contributed by atoms with van der Waals surface area (Å²) in [5, 5.41) is 1.02. The van der Waals surface area contributed by atoms with E-state index in [9.17, 15) is 4.79 Å². The predicted molar refractivity (Wildman–Crippen MR) is 68.4 cm³/mol. The first-order chi connectivity index (χ1) is 8.75. The fraction of sp³-hybridized carbons (Fsp3) is 0.286. The first kappa shape index (κ1) is 11.0. The standard InChI is InChI=1S/C14H14N2O2/c1-16-9-7-12(14(16)17)18-11-6-2-4-10-5-3-8-15-13(10)11/h2-6,8,12H,7,9H2,1H3. The Labute approximate surface area is 105 Å². The number of amides is 1. The van der Waals surface area contributed by atoms with Crippen LogP contribution in [0.25, 0.3) is 10.9 Å². The van der Waals surface area contributed by atoms with Gasteiger partial charge < -0.3 is 9.64 Å². The molecule has 0 aliphatic carbocycles. The van der Waals surface area contributed by atoms with Gasteiger partial charge in [0.1, 0.15) is 11.3 Å². The van der Waals surface area contributed by atoms with Gasteiger partial charge in [-0.05, 0) is 12.1 Å². The summed E-state index contributed by atoms with van der Waals surface area (Å²) >= 11 is 0. The largest absolute Gasteiger partial charge is 0.478 e. The molecule has 1 aromatic carbocycles. The van der Waals surface area contributed by atoms with Crippen LogP contribution in [0.1, 0.15) is 6.42 Å². The molecule has 1 amide bonds. The summed E-state index contributed by atoms with van der Waals surface area (Å²) in [6.45, 7) is 0.752. The number of pyridine rings is 1. The maximum Gasteiger partial charge on any atom is 0.263 e. The van der Waals surface area contributed by atoms with Gasteiger partial charge in [0.15, 0.2) is 6.10 Å². The number of aromatic nitrogens is 1. The Morgan fingerprint density at radius 1 is 1.33 bits per heavy atom. The van der Waals surface area contributed by atoms with Crippen LogP contribution < -0.4 is 4.74 Å². The molecule has 0 radical (unpaired) electrons. The third kappa shape index (κ3) is 1.79. The number of benzene rings is 1. The fourth-order valence-corrected chi connectivity index (χ4v) is 2.22. The van der Waals surface area contributed by atoms with Crippen molar-refractivity contribution in [2.45, 2.75) is 12.5 Å². The van der Waals surface area contributed by atoms with Crippen molar-refractivity contribution in [2.24, 2.45) is 0 Å². The smallest absolute Gasteiger partial charge is 0.263 e. The summed E-state index contributed by atoms with van der Waals surface area (Å²) in [6, 6.07) is 9.64. The Balaban J connectivity index is 1.93. The van der Waals surface area contributed by atoms with Crippen molar-refractivity contribution in [1.29, 1.82) is 0 Å². The fourth-order valence-electron chi connectivity index (χ4n) is 2.22. The number of nitrogens with zero attached hydrogens (tertiary/aromatic N) is 2. The molecule has 1 atom stereocenters. The molecule has 1 unspecified atom stereocenters. The van der Waals surface area contributed by atoms with Gasteiger partial charge >= 0.3 is 0 Å². The average molecular weight is 242 g/mol. The Bertz CT molecular complexity index is 592. The number of likely N-dealkylation sites (N-methyl/N-ethyl adjacent to an activating group) is 1. The number of carbonyl (C=O) groups is 1. The van der Waals surface area contributed by atoms with Gasteiger partial charge in [0, 0.05) is 31.6 Å². The lowest BCUT2D eigenvalue weighted by molar-refractivity contribution is -0.132. The third-order valence-corrected chi connectivity index (χ3v) is 3.24. The van der Waals surface area contributed by atoms with Gasteiger partial charge in [-0.1, -0.05) is 18.2 Å². The molecule has 92 valence electrons. The van der Waals surface area contributed by atoms with Crippen LogP contribution in [0.2, 0.25) is 0 Å². The molecule has 4 nitrogen and oxygen atoms in total. The summed E-state index contributed by atoms with van der Waals surface area (Å²) in [4.78, 5) is 17.8. The van der Waals surface area contributed by atoms with Crippen molar-refractivity contribution in [2.75, 3.05) is 13.6 Å². The molecule has 2 heterocycles. The summed E-state index contributed by atoms with van der Waals surface area (Å²) < 4.78 is 5.82. The zero-order valence-corrected chi connectivity index (χ0v) is 10.2. The monoisotopic (exact) mass is 242 g/mol. The summed E-state index contributed by atoms with van der Waals surface area (Å²) in [5.74, 6) is 0.727. The van der Waals surface area contributed by atoms with Crippen LogP contribution in [0.3, 0.4) is 0 Å². The van der Waals surface area contributed by atoms with Crippen LogP contribution in [-0.2, 0) is 4.79 Å². The Kier molecular flexibility index (Phi) is 2.63. The van der Waals surface area contributed by atoms with Crippen molar-refractivity contribution in [1.82, 2.24) is 9.88 Å². The van der Waals surface area contributed by atoms with Gasteiger partial charge in [-0.2, -0.15) is 0 Å². The van der Waals surface area contributed by atoms with Crippen molar-refractivity contribution < 1.29 is 9.53 Å². The lowest BCUT2D eigenvalue weighted by Gasteiger charge is -2.14. The molecular formula is C14H14N2O2. The van der Waals surface area contributed by atoms with E-state index in [1.807, 2.05) is 30.3 Å². The number of ether oxygens (including phenoxy) is 1. The van der Waals surface area contributed by atoms with E-state index in [0.29, 0.717) is 5.75 Å². The number of para-hydroxylation sites is 1. The van der Waals surface area contributed by atoms with E-state index >= 15 is 0 Å². The molecule has 1 aromatic heterocycles. The lowest BCUT2D eigenvalue weighted by Crippen LogP contribution is -2.29. The molecule has 3 rings (SSSR count). The quantitative estimate of drug-likeness (QED) is 0.807. The number of hydrogen-bond acceptors (Lipinski definition) is 3. The zero-order valence-electron chi connectivity index (χ0n) is 10.2. The van der Waals surface area contributed by atoms with Crippen molar-refractivity contribution in [3.8, 4) is 5.75 Å². The highest BCUT2D eigenvalue weighted by molar-refractivity contribution is 5.86. The Morgan fingerprint density at radius 3 is 2.94 bits per heavy atom. The summed E-state index contributed by atoms with van der Waals surface area (Å²) in [7, 11) is 1.80. The average Bonchev–Trinajstić information content (AvgIpc) is 2.71. The predicted octanol–water partition coefficient (Wildman–Crippen LogP) is 1.84. The number of fused-ring (bicyclic) bond motifs is 1. The van der Waals surface area contributed by atoms with E-state index in [1.54, 1.807) is 18.1 Å². The minimum absolute atomic E-state index is 0.0444. The minimum Gasteiger partial charge on any atom is -0.478 e. The topological polar surface area (TPSA) is 42.4 Å². The first-order valence-corrected chi connectivity index (χ1v) is 6.01.